The summed E-state index contributed by atoms with van der Waals surface area (Å²) in [4.78, 5) is 69.0. The third-order valence-electron chi connectivity index (χ3n) is 5.10. The molecule has 19 N–H and O–H groups in total. The van der Waals surface area contributed by atoms with Crippen molar-refractivity contribution in [3.8, 4) is 0 Å². The second-order valence-corrected chi connectivity index (χ2v) is 10.0. The zero-order valence-electron chi connectivity index (χ0n) is 26.9. The van der Waals surface area contributed by atoms with E-state index in [1.165, 1.54) is 0 Å². The van der Waals surface area contributed by atoms with Gasteiger partial charge in [0, 0.05) is 0 Å². The molecule has 48 heavy (non-hydrogen) atoms. The van der Waals surface area contributed by atoms with Crippen LogP contribution < -0.4 is 39.7 Å². The number of nitrogens with one attached hydrogen (secondary N) is 1. The molecule has 1 aliphatic rings. The Morgan fingerprint density at radius 1 is 0.750 bits per heavy atom. The molecule has 1 fully saturated rings. The van der Waals surface area contributed by atoms with E-state index in [0.717, 1.165) is 24.9 Å². The first-order valence-electron chi connectivity index (χ1n) is 14.2. The molecule has 1 amide bonds. The van der Waals surface area contributed by atoms with Crippen LogP contribution in [0.2, 0.25) is 0 Å². The normalized spacial score (nSPS) is 14.3. The van der Waals surface area contributed by atoms with Crippen molar-refractivity contribution in [3.63, 3.8) is 0 Å². The first-order valence-corrected chi connectivity index (χ1v) is 14.2. The fourth-order valence-corrected chi connectivity index (χ4v) is 2.76. The van der Waals surface area contributed by atoms with Crippen molar-refractivity contribution in [3.05, 3.63) is 35.9 Å². The summed E-state index contributed by atoms with van der Waals surface area (Å²) in [5.41, 5.74) is 30.2. The first-order chi connectivity index (χ1) is 22.1. The molecule has 20 nitrogen and oxygen atoms in total. The molecule has 0 aliphatic carbocycles. The molecule has 0 radical (unpaired) electrons. The van der Waals surface area contributed by atoms with Gasteiger partial charge >= 0.3 is 35.8 Å². The maximum Gasteiger partial charge on any atom is 0.321 e. The fourth-order valence-electron chi connectivity index (χ4n) is 2.76. The van der Waals surface area contributed by atoms with Crippen molar-refractivity contribution in [2.45, 2.75) is 70.1 Å². The van der Waals surface area contributed by atoms with Crippen LogP contribution in [0.3, 0.4) is 0 Å². The number of hydrogen-bond acceptors (Lipinski definition) is 13. The van der Waals surface area contributed by atoms with Gasteiger partial charge < -0.3 is 70.4 Å². The third kappa shape index (κ3) is 37.5. The van der Waals surface area contributed by atoms with Gasteiger partial charge in [0.05, 0.1) is 19.5 Å². The van der Waals surface area contributed by atoms with Gasteiger partial charge in [-0.1, -0.05) is 44.2 Å². The maximum atomic E-state index is 10.4. The Labute approximate surface area is 277 Å². The molecule has 2 rings (SSSR count). The van der Waals surface area contributed by atoms with Gasteiger partial charge in [-0.3, -0.25) is 33.6 Å². The quantitative estimate of drug-likeness (QED) is 0.105. The van der Waals surface area contributed by atoms with Crippen LogP contribution in [-0.4, -0.2) is 116 Å². The SMILES string of the molecule is CC(C)CC(N)C(=O)O.NC(=O)CC(N)C(=O)O.NC(Cc1ccccc1)C(=O)O.NCC(=O)O.NCC(=O)O.O=C(O)[C@@H]1CCCN1. The molecule has 3 unspecified atom stereocenters. The predicted molar refractivity (Wildman–Crippen MR) is 172 cm³/mol. The smallest absolute Gasteiger partial charge is 0.321 e. The maximum absolute atomic E-state index is 10.4. The minimum atomic E-state index is -1.21. The zero-order chi connectivity index (χ0) is 38.4. The van der Waals surface area contributed by atoms with Gasteiger partial charge in [0.25, 0.3) is 0 Å². The third-order valence-corrected chi connectivity index (χ3v) is 5.10. The molecule has 0 aromatic heterocycles. The van der Waals surface area contributed by atoms with Crippen LogP contribution in [0.25, 0.3) is 0 Å². The summed E-state index contributed by atoms with van der Waals surface area (Å²) in [7, 11) is 0. The molecule has 0 saturated carbocycles. The molecule has 1 aromatic rings. The number of carboxylic acids is 6. The molecule has 276 valence electrons. The van der Waals surface area contributed by atoms with E-state index in [1.807, 2.05) is 44.2 Å². The molecule has 1 aromatic carbocycles. The van der Waals surface area contributed by atoms with E-state index in [-0.39, 0.29) is 25.6 Å². The lowest BCUT2D eigenvalue weighted by Gasteiger charge is -2.07. The van der Waals surface area contributed by atoms with E-state index in [4.69, 9.17) is 47.8 Å². The summed E-state index contributed by atoms with van der Waals surface area (Å²) >= 11 is 0. The molecule has 0 spiro atoms. The molecule has 1 saturated heterocycles. The number of carbonyl (C=O) groups is 7. The molecular formula is C28H51N7O13. The Kier molecular flexibility index (Phi) is 32.3. The summed E-state index contributed by atoms with van der Waals surface area (Å²) in [6.45, 7) is 4.20. The fraction of sp³-hybridized carbons (Fsp3) is 0.536. The van der Waals surface area contributed by atoms with Crippen molar-refractivity contribution in [1.82, 2.24) is 5.32 Å². The lowest BCUT2D eigenvalue weighted by atomic mass is 10.1. The monoisotopic (exact) mass is 693 g/mol. The number of aliphatic carboxylic acids is 6. The highest BCUT2D eigenvalue weighted by molar-refractivity contribution is 5.83. The topological polar surface area (TPSA) is 409 Å². The van der Waals surface area contributed by atoms with E-state index in [1.54, 1.807) is 0 Å². The molecule has 20 heteroatoms. The van der Waals surface area contributed by atoms with E-state index in [2.05, 4.69) is 22.5 Å². The number of rotatable bonds is 12. The van der Waals surface area contributed by atoms with Gasteiger partial charge in [0.1, 0.15) is 24.2 Å². The summed E-state index contributed by atoms with van der Waals surface area (Å²) in [5, 5.41) is 51.3. The molecule has 1 heterocycles. The van der Waals surface area contributed by atoms with Gasteiger partial charge in [-0.15, -0.1) is 0 Å². The van der Waals surface area contributed by atoms with E-state index >= 15 is 0 Å². The van der Waals surface area contributed by atoms with E-state index in [9.17, 15) is 33.6 Å². The zero-order valence-corrected chi connectivity index (χ0v) is 26.9. The number of hydrogen-bond donors (Lipinski definition) is 13. The Balaban J connectivity index is -0.000000249. The summed E-state index contributed by atoms with van der Waals surface area (Å²) in [6, 6.07) is 6.42. The van der Waals surface area contributed by atoms with E-state index < -0.39 is 59.8 Å². The number of carboxylic acid groups (broad SMARTS) is 6. The predicted octanol–water partition coefficient (Wildman–Crippen LogP) is -2.76. The number of nitrogens with two attached hydrogens (primary N) is 6. The van der Waals surface area contributed by atoms with Gasteiger partial charge in [0.2, 0.25) is 5.91 Å². The summed E-state index contributed by atoms with van der Waals surface area (Å²) < 4.78 is 0. The molecular weight excluding hydrogens is 642 g/mol. The second kappa shape index (κ2) is 30.9. The Hall–Kier alpha value is -4.73. The number of primary amides is 1. The molecule has 4 atom stereocenters. The highest BCUT2D eigenvalue weighted by Crippen LogP contribution is 2.04. The standard InChI is InChI=1S/C9H11NO2.C6H13NO2.C5H9NO2.C4H8N2O3.2C2H5NO2/c10-8(9(11)12)6-7-4-2-1-3-5-7;1-4(2)3-5(7)6(8)9;7-5(8)4-2-1-3-6-4;5-2(4(8)9)1-3(6)7;2*3-1-2(4)5/h1-5,8H,6,10H2,(H,11,12);4-5H,3,7H2,1-2H3,(H,8,9);4,6H,1-3H2,(H,7,8);2H,1,5H2,(H2,6,7)(H,8,9);2*1,3H2,(H,4,5)/t;;4-;;;/m..0.../s1. The minimum absolute atomic E-state index is 0.269. The number of benzene rings is 1. The van der Waals surface area contributed by atoms with Crippen molar-refractivity contribution < 1.29 is 64.2 Å². The van der Waals surface area contributed by atoms with Gasteiger partial charge in [-0.25, -0.2) is 0 Å². The highest BCUT2D eigenvalue weighted by Gasteiger charge is 2.20. The van der Waals surface area contributed by atoms with Crippen LogP contribution in [0.5, 0.6) is 0 Å². The van der Waals surface area contributed by atoms with Crippen molar-refractivity contribution in [2.75, 3.05) is 19.6 Å². The average Bonchev–Trinajstić information content (AvgIpc) is 3.54. The second-order valence-electron chi connectivity index (χ2n) is 10.0. The lowest BCUT2D eigenvalue weighted by molar-refractivity contribution is -0.140. The number of carbonyl (C=O) groups excluding carboxylic acids is 1. The highest BCUT2D eigenvalue weighted by atomic mass is 16.4. The molecule has 1 aliphatic heterocycles. The van der Waals surface area contributed by atoms with Crippen LogP contribution in [0.1, 0.15) is 45.1 Å². The van der Waals surface area contributed by atoms with Crippen molar-refractivity contribution in [1.29, 1.82) is 0 Å². The Morgan fingerprint density at radius 3 is 1.38 bits per heavy atom. The van der Waals surface area contributed by atoms with Crippen LogP contribution >= 0.6 is 0 Å². The van der Waals surface area contributed by atoms with Crippen LogP contribution in [0.4, 0.5) is 0 Å². The summed E-state index contributed by atoms with van der Waals surface area (Å²) in [5.74, 6) is -6.09. The Morgan fingerprint density at radius 2 is 1.17 bits per heavy atom. The summed E-state index contributed by atoms with van der Waals surface area (Å²) in [6.07, 6.45) is 2.41. The lowest BCUT2D eigenvalue weighted by Crippen LogP contribution is -2.34. The Bertz CT molecular complexity index is 1070. The van der Waals surface area contributed by atoms with Gasteiger partial charge in [0.15, 0.2) is 0 Å². The van der Waals surface area contributed by atoms with Gasteiger partial charge in [-0.05, 0) is 43.7 Å². The average molecular weight is 694 g/mol. The van der Waals surface area contributed by atoms with Crippen molar-refractivity contribution >= 4 is 41.7 Å². The largest absolute Gasteiger partial charge is 0.480 e. The van der Waals surface area contributed by atoms with Crippen molar-refractivity contribution in [2.24, 2.45) is 40.3 Å². The van der Waals surface area contributed by atoms with Gasteiger partial charge in [-0.2, -0.15) is 0 Å². The van der Waals surface area contributed by atoms with Crippen LogP contribution in [0.15, 0.2) is 30.3 Å². The number of amides is 1. The first kappa shape index (κ1) is 50.1. The van der Waals surface area contributed by atoms with E-state index in [0.29, 0.717) is 18.8 Å². The minimum Gasteiger partial charge on any atom is -0.480 e. The van der Waals surface area contributed by atoms with Crippen LogP contribution in [-0.2, 0) is 40.0 Å². The molecule has 0 bridgehead atoms. The van der Waals surface area contributed by atoms with Crippen LogP contribution in [0, 0.1) is 5.92 Å².